The highest BCUT2D eigenvalue weighted by molar-refractivity contribution is 5.73. The zero-order valence-electron chi connectivity index (χ0n) is 13.6. The van der Waals surface area contributed by atoms with Crippen molar-refractivity contribution >= 4 is 0 Å². The maximum absolute atomic E-state index is 13.4. The molecule has 120 valence electrons. The van der Waals surface area contributed by atoms with E-state index in [2.05, 4.69) is 47.4 Å². The van der Waals surface area contributed by atoms with Gasteiger partial charge in [0.25, 0.3) is 0 Å². The highest BCUT2D eigenvalue weighted by Gasteiger charge is 2.03. The molecule has 0 unspecified atom stereocenters. The molecule has 25 heavy (non-hydrogen) atoms. The SMILES string of the molecule is Fc1cccc(-c2ccc(-c3ccc(-c4cccnc4)cc3)cc2)c1. The Morgan fingerprint density at radius 1 is 0.520 bits per heavy atom. The fourth-order valence-corrected chi connectivity index (χ4v) is 2.91. The number of aromatic nitrogens is 1. The lowest BCUT2D eigenvalue weighted by Gasteiger charge is -2.07. The van der Waals surface area contributed by atoms with Gasteiger partial charge in [-0.05, 0) is 51.6 Å². The van der Waals surface area contributed by atoms with E-state index in [1.165, 1.54) is 6.07 Å². The van der Waals surface area contributed by atoms with Crippen molar-refractivity contribution < 1.29 is 4.39 Å². The van der Waals surface area contributed by atoms with Crippen LogP contribution in [0, 0.1) is 5.82 Å². The van der Waals surface area contributed by atoms with Crippen LogP contribution in [0.5, 0.6) is 0 Å². The highest BCUT2D eigenvalue weighted by Crippen LogP contribution is 2.27. The number of pyridine rings is 1. The summed E-state index contributed by atoms with van der Waals surface area (Å²) >= 11 is 0. The molecule has 0 fully saturated rings. The normalized spacial score (nSPS) is 10.6. The lowest BCUT2D eigenvalue weighted by Crippen LogP contribution is -1.83. The van der Waals surface area contributed by atoms with Crippen molar-refractivity contribution in [2.24, 2.45) is 0 Å². The smallest absolute Gasteiger partial charge is 0.123 e. The van der Waals surface area contributed by atoms with Crippen LogP contribution in [-0.2, 0) is 0 Å². The Labute approximate surface area is 146 Å². The molecule has 0 saturated carbocycles. The van der Waals surface area contributed by atoms with E-state index in [0.29, 0.717) is 0 Å². The second-order valence-electron chi connectivity index (χ2n) is 5.91. The van der Waals surface area contributed by atoms with Gasteiger partial charge in [-0.3, -0.25) is 4.98 Å². The van der Waals surface area contributed by atoms with Crippen LogP contribution in [0.25, 0.3) is 33.4 Å². The zero-order chi connectivity index (χ0) is 17.1. The fraction of sp³-hybridized carbons (Fsp3) is 0. The van der Waals surface area contributed by atoms with Gasteiger partial charge in [-0.15, -0.1) is 0 Å². The monoisotopic (exact) mass is 325 g/mol. The highest BCUT2D eigenvalue weighted by atomic mass is 19.1. The van der Waals surface area contributed by atoms with E-state index in [4.69, 9.17) is 0 Å². The van der Waals surface area contributed by atoms with E-state index in [1.807, 2.05) is 30.5 Å². The van der Waals surface area contributed by atoms with Gasteiger partial charge in [0, 0.05) is 12.4 Å². The summed E-state index contributed by atoms with van der Waals surface area (Å²) in [4.78, 5) is 4.16. The molecule has 0 saturated heterocycles. The van der Waals surface area contributed by atoms with Crippen molar-refractivity contribution in [3.05, 3.63) is 103 Å². The maximum atomic E-state index is 13.4. The Hall–Kier alpha value is -3.26. The van der Waals surface area contributed by atoms with Crippen molar-refractivity contribution in [1.29, 1.82) is 0 Å². The minimum absolute atomic E-state index is 0.215. The molecule has 1 heterocycles. The van der Waals surface area contributed by atoms with E-state index in [1.54, 1.807) is 18.3 Å². The van der Waals surface area contributed by atoms with Crippen LogP contribution in [-0.4, -0.2) is 4.98 Å². The molecule has 0 aliphatic heterocycles. The fourth-order valence-electron chi connectivity index (χ4n) is 2.91. The predicted octanol–water partition coefficient (Wildman–Crippen LogP) is 6.22. The number of hydrogen-bond donors (Lipinski definition) is 0. The van der Waals surface area contributed by atoms with Crippen LogP contribution in [0.4, 0.5) is 4.39 Å². The standard InChI is InChI=1S/C23H16FN/c24-23-5-1-3-21(15-23)19-10-6-17(7-11-19)18-8-12-20(13-9-18)22-4-2-14-25-16-22/h1-16H. The molecule has 0 amide bonds. The first-order valence-electron chi connectivity index (χ1n) is 8.16. The number of rotatable bonds is 3. The third-order valence-electron chi connectivity index (χ3n) is 4.26. The zero-order valence-corrected chi connectivity index (χ0v) is 13.6. The van der Waals surface area contributed by atoms with Crippen LogP contribution in [0.2, 0.25) is 0 Å². The molecule has 0 bridgehead atoms. The molecule has 0 spiro atoms. The van der Waals surface area contributed by atoms with Gasteiger partial charge in [0.2, 0.25) is 0 Å². The third-order valence-corrected chi connectivity index (χ3v) is 4.26. The summed E-state index contributed by atoms with van der Waals surface area (Å²) in [7, 11) is 0. The number of hydrogen-bond acceptors (Lipinski definition) is 1. The van der Waals surface area contributed by atoms with Gasteiger partial charge in [0.1, 0.15) is 5.82 Å². The van der Waals surface area contributed by atoms with E-state index < -0.39 is 0 Å². The van der Waals surface area contributed by atoms with Gasteiger partial charge in [-0.1, -0.05) is 66.7 Å². The van der Waals surface area contributed by atoms with E-state index in [9.17, 15) is 4.39 Å². The molecule has 0 N–H and O–H groups in total. The van der Waals surface area contributed by atoms with Crippen molar-refractivity contribution in [3.8, 4) is 33.4 Å². The summed E-state index contributed by atoms with van der Waals surface area (Å²) in [5.41, 5.74) is 6.44. The van der Waals surface area contributed by atoms with Crippen molar-refractivity contribution in [2.45, 2.75) is 0 Å². The summed E-state index contributed by atoms with van der Waals surface area (Å²) in [5.74, 6) is -0.215. The Balaban J connectivity index is 1.60. The molecule has 2 heteroatoms. The molecule has 4 rings (SSSR count). The van der Waals surface area contributed by atoms with Gasteiger partial charge in [-0.2, -0.15) is 0 Å². The Bertz CT molecular complexity index is 974. The first-order chi connectivity index (χ1) is 12.3. The van der Waals surface area contributed by atoms with Gasteiger partial charge in [-0.25, -0.2) is 4.39 Å². The lowest BCUT2D eigenvalue weighted by atomic mass is 9.98. The van der Waals surface area contributed by atoms with Crippen LogP contribution in [0.3, 0.4) is 0 Å². The summed E-state index contributed by atoms with van der Waals surface area (Å²) < 4.78 is 13.4. The number of nitrogens with zero attached hydrogens (tertiary/aromatic N) is 1. The van der Waals surface area contributed by atoms with E-state index in [-0.39, 0.29) is 5.82 Å². The molecule has 1 nitrogen and oxygen atoms in total. The summed E-state index contributed by atoms with van der Waals surface area (Å²) in [5, 5.41) is 0. The largest absolute Gasteiger partial charge is 0.264 e. The van der Waals surface area contributed by atoms with Crippen LogP contribution < -0.4 is 0 Å². The molecular formula is C23H16FN. The molecule has 1 aromatic heterocycles. The molecule has 0 aliphatic carbocycles. The van der Waals surface area contributed by atoms with Crippen molar-refractivity contribution in [2.75, 3.05) is 0 Å². The third kappa shape index (κ3) is 3.33. The number of benzene rings is 3. The average Bonchev–Trinajstić information content (AvgIpc) is 2.69. The minimum Gasteiger partial charge on any atom is -0.264 e. The summed E-state index contributed by atoms with van der Waals surface area (Å²) in [6.07, 6.45) is 3.64. The van der Waals surface area contributed by atoms with Crippen molar-refractivity contribution in [3.63, 3.8) is 0 Å². The number of halogens is 1. The molecule has 4 aromatic rings. The Kier molecular flexibility index (Phi) is 4.09. The lowest BCUT2D eigenvalue weighted by molar-refractivity contribution is 0.628. The second kappa shape index (κ2) is 6.70. The van der Waals surface area contributed by atoms with Gasteiger partial charge in [0.05, 0.1) is 0 Å². The Morgan fingerprint density at radius 3 is 1.56 bits per heavy atom. The first kappa shape index (κ1) is 15.3. The molecule has 3 aromatic carbocycles. The second-order valence-corrected chi connectivity index (χ2v) is 5.91. The van der Waals surface area contributed by atoms with E-state index >= 15 is 0 Å². The van der Waals surface area contributed by atoms with Crippen LogP contribution in [0.15, 0.2) is 97.3 Å². The molecule has 0 radical (unpaired) electrons. The molecular weight excluding hydrogens is 309 g/mol. The Morgan fingerprint density at radius 2 is 1.04 bits per heavy atom. The summed E-state index contributed by atoms with van der Waals surface area (Å²) in [6.45, 7) is 0. The predicted molar refractivity (Wildman–Crippen MR) is 101 cm³/mol. The van der Waals surface area contributed by atoms with Gasteiger partial charge >= 0.3 is 0 Å². The van der Waals surface area contributed by atoms with Gasteiger partial charge < -0.3 is 0 Å². The quantitative estimate of drug-likeness (QED) is 0.435. The average molecular weight is 325 g/mol. The van der Waals surface area contributed by atoms with Crippen molar-refractivity contribution in [1.82, 2.24) is 4.98 Å². The maximum Gasteiger partial charge on any atom is 0.123 e. The minimum atomic E-state index is -0.215. The van der Waals surface area contributed by atoms with Crippen LogP contribution in [0.1, 0.15) is 0 Å². The van der Waals surface area contributed by atoms with E-state index in [0.717, 1.165) is 33.4 Å². The summed E-state index contributed by atoms with van der Waals surface area (Å²) in [6, 6.07) is 27.3. The molecule has 0 atom stereocenters. The first-order valence-corrected chi connectivity index (χ1v) is 8.16. The topological polar surface area (TPSA) is 12.9 Å². The van der Waals surface area contributed by atoms with Crippen LogP contribution >= 0.6 is 0 Å². The molecule has 0 aliphatic rings. The van der Waals surface area contributed by atoms with Gasteiger partial charge in [0.15, 0.2) is 0 Å².